The Morgan fingerprint density at radius 1 is 1.40 bits per heavy atom. The first kappa shape index (κ1) is 12.3. The SMILES string of the molecule is COC(=O)/C(=N/P(C)P)c1ccccc1. The summed E-state index contributed by atoms with van der Waals surface area (Å²) in [5.74, 6) is -0.391. The highest BCUT2D eigenvalue weighted by Gasteiger charge is 2.14. The molecule has 0 saturated carbocycles. The molecular weight excluding hydrogens is 228 g/mol. The average molecular weight is 241 g/mol. The van der Waals surface area contributed by atoms with Crippen molar-refractivity contribution in [2.45, 2.75) is 0 Å². The summed E-state index contributed by atoms with van der Waals surface area (Å²) in [4.78, 5) is 11.5. The molecule has 1 rings (SSSR count). The molecule has 80 valence electrons. The third-order valence-electron chi connectivity index (χ3n) is 1.68. The fourth-order valence-corrected chi connectivity index (χ4v) is 1.93. The summed E-state index contributed by atoms with van der Waals surface area (Å²) in [6, 6.07) is 9.33. The molecule has 1 aromatic carbocycles. The molecule has 0 aliphatic rings. The van der Waals surface area contributed by atoms with E-state index in [0.29, 0.717) is 5.71 Å². The first-order valence-corrected chi connectivity index (χ1v) is 7.72. The van der Waals surface area contributed by atoms with Gasteiger partial charge in [0.05, 0.1) is 7.11 Å². The van der Waals surface area contributed by atoms with Gasteiger partial charge in [-0.25, -0.2) is 9.56 Å². The predicted molar refractivity (Wildman–Crippen MR) is 67.5 cm³/mol. The summed E-state index contributed by atoms with van der Waals surface area (Å²) in [6.07, 6.45) is 0. The van der Waals surface area contributed by atoms with Crippen molar-refractivity contribution in [1.29, 1.82) is 0 Å². The van der Waals surface area contributed by atoms with Crippen molar-refractivity contribution >= 4 is 28.4 Å². The van der Waals surface area contributed by atoms with Gasteiger partial charge >= 0.3 is 5.97 Å². The monoisotopic (exact) mass is 241 g/mol. The number of hydrogen-bond acceptors (Lipinski definition) is 3. The standard InChI is InChI=1S/C10H13NO2P2/c1-13-10(12)9(11-15(2)14)8-6-4-3-5-7-8/h3-7H,14H2,1-2H3/b11-9+. The molecular formula is C10H13NO2P2. The van der Waals surface area contributed by atoms with Gasteiger partial charge in [-0.3, -0.25) is 0 Å². The Morgan fingerprint density at radius 3 is 2.47 bits per heavy atom. The van der Waals surface area contributed by atoms with Crippen LogP contribution < -0.4 is 0 Å². The van der Waals surface area contributed by atoms with Gasteiger partial charge in [0.2, 0.25) is 0 Å². The molecule has 0 spiro atoms. The number of methoxy groups -OCH3 is 1. The van der Waals surface area contributed by atoms with E-state index in [1.165, 1.54) is 7.11 Å². The van der Waals surface area contributed by atoms with E-state index in [2.05, 4.69) is 13.7 Å². The van der Waals surface area contributed by atoms with Crippen molar-refractivity contribution in [2.75, 3.05) is 13.8 Å². The molecule has 0 amide bonds. The second kappa shape index (κ2) is 5.95. The highest BCUT2D eigenvalue weighted by molar-refractivity contribution is 8.12. The van der Waals surface area contributed by atoms with Gasteiger partial charge in [-0.2, -0.15) is 0 Å². The third kappa shape index (κ3) is 3.70. The zero-order chi connectivity index (χ0) is 11.3. The van der Waals surface area contributed by atoms with Gasteiger partial charge in [0.1, 0.15) is 0 Å². The van der Waals surface area contributed by atoms with Crippen LogP contribution in [0.4, 0.5) is 0 Å². The third-order valence-corrected chi connectivity index (χ3v) is 2.55. The zero-order valence-corrected chi connectivity index (χ0v) is 10.7. The van der Waals surface area contributed by atoms with Crippen molar-refractivity contribution < 1.29 is 9.53 Å². The van der Waals surface area contributed by atoms with Gasteiger partial charge < -0.3 is 4.74 Å². The van der Waals surface area contributed by atoms with Crippen molar-refractivity contribution in [3.8, 4) is 0 Å². The minimum absolute atomic E-state index is 0.390. The van der Waals surface area contributed by atoms with E-state index in [1.54, 1.807) is 0 Å². The molecule has 3 nitrogen and oxygen atoms in total. The van der Waals surface area contributed by atoms with Crippen molar-refractivity contribution in [3.05, 3.63) is 35.9 Å². The highest BCUT2D eigenvalue weighted by Crippen LogP contribution is 2.42. The van der Waals surface area contributed by atoms with E-state index in [9.17, 15) is 4.79 Å². The molecule has 0 aliphatic carbocycles. The van der Waals surface area contributed by atoms with Crippen LogP contribution in [0.15, 0.2) is 35.1 Å². The minimum Gasteiger partial charge on any atom is -0.464 e. The molecule has 0 aromatic heterocycles. The van der Waals surface area contributed by atoms with Crippen molar-refractivity contribution in [2.24, 2.45) is 4.76 Å². The predicted octanol–water partition coefficient (Wildman–Crippen LogP) is 2.47. The molecule has 0 N–H and O–H groups in total. The van der Waals surface area contributed by atoms with Gasteiger partial charge in [-0.05, 0) is 6.66 Å². The van der Waals surface area contributed by atoms with Gasteiger partial charge in [0, 0.05) is 13.3 Å². The largest absolute Gasteiger partial charge is 0.464 e. The molecule has 15 heavy (non-hydrogen) atoms. The number of ether oxygens (including phenoxy) is 1. The summed E-state index contributed by atoms with van der Waals surface area (Å²) in [5.41, 5.74) is 1.18. The van der Waals surface area contributed by atoms with Crippen LogP contribution >= 0.6 is 16.7 Å². The summed E-state index contributed by atoms with van der Waals surface area (Å²) in [6.45, 7) is 1.95. The van der Waals surface area contributed by atoms with Gasteiger partial charge in [0.25, 0.3) is 0 Å². The number of nitrogens with zero attached hydrogens (tertiary/aromatic N) is 1. The van der Waals surface area contributed by atoms with Crippen LogP contribution in [0.25, 0.3) is 0 Å². The van der Waals surface area contributed by atoms with Crippen molar-refractivity contribution in [3.63, 3.8) is 0 Å². The van der Waals surface area contributed by atoms with E-state index < -0.39 is 13.7 Å². The average Bonchev–Trinajstić information content (AvgIpc) is 2.26. The topological polar surface area (TPSA) is 38.7 Å². The summed E-state index contributed by atoms with van der Waals surface area (Å²) < 4.78 is 8.99. The number of carbonyl (C=O) groups excluding carboxylic acids is 1. The fourth-order valence-electron chi connectivity index (χ4n) is 1.07. The van der Waals surface area contributed by atoms with E-state index in [1.807, 2.05) is 37.0 Å². The molecule has 0 heterocycles. The molecule has 0 fully saturated rings. The van der Waals surface area contributed by atoms with E-state index >= 15 is 0 Å². The second-order valence-electron chi connectivity index (χ2n) is 2.88. The lowest BCUT2D eigenvalue weighted by Gasteiger charge is -2.06. The van der Waals surface area contributed by atoms with Crippen LogP contribution in [0.5, 0.6) is 0 Å². The Bertz CT molecular complexity index is 363. The maximum Gasteiger partial charge on any atom is 0.357 e. The lowest BCUT2D eigenvalue weighted by molar-refractivity contribution is -0.132. The van der Waals surface area contributed by atoms with E-state index in [4.69, 9.17) is 4.74 Å². The smallest absolute Gasteiger partial charge is 0.357 e. The normalized spacial score (nSPS) is 13.4. The lowest BCUT2D eigenvalue weighted by atomic mass is 10.1. The number of carbonyl (C=O) groups is 1. The lowest BCUT2D eigenvalue weighted by Crippen LogP contribution is -2.16. The van der Waals surface area contributed by atoms with Crippen LogP contribution in [0, 0.1) is 0 Å². The summed E-state index contributed by atoms with van der Waals surface area (Å²) in [5, 5.41) is 0. The number of benzene rings is 1. The molecule has 0 saturated heterocycles. The quantitative estimate of drug-likeness (QED) is 0.463. The molecule has 2 unspecified atom stereocenters. The molecule has 0 radical (unpaired) electrons. The molecule has 2 atom stereocenters. The van der Waals surface area contributed by atoms with Crippen LogP contribution in [0.1, 0.15) is 5.56 Å². The second-order valence-corrected chi connectivity index (χ2v) is 6.47. The van der Waals surface area contributed by atoms with Crippen LogP contribution in [0.3, 0.4) is 0 Å². The van der Waals surface area contributed by atoms with Gasteiger partial charge in [-0.15, -0.1) is 0 Å². The first-order chi connectivity index (χ1) is 7.15. The molecule has 5 heteroatoms. The summed E-state index contributed by atoms with van der Waals surface area (Å²) in [7, 11) is 3.35. The Labute approximate surface area is 92.8 Å². The van der Waals surface area contributed by atoms with E-state index in [0.717, 1.165) is 5.56 Å². The van der Waals surface area contributed by atoms with Gasteiger partial charge in [0.15, 0.2) is 5.71 Å². The summed E-state index contributed by atoms with van der Waals surface area (Å²) >= 11 is 0. The van der Waals surface area contributed by atoms with Crippen LogP contribution in [-0.2, 0) is 9.53 Å². The Hall–Kier alpha value is -0.780. The van der Waals surface area contributed by atoms with Crippen LogP contribution in [-0.4, -0.2) is 25.5 Å². The minimum atomic E-state index is -0.598. The number of esters is 1. The molecule has 1 aromatic rings. The zero-order valence-electron chi connectivity index (χ0n) is 8.68. The fraction of sp³-hybridized carbons (Fsp3) is 0.200. The Morgan fingerprint density at radius 2 is 2.00 bits per heavy atom. The maximum atomic E-state index is 11.5. The number of hydrogen-bond donors (Lipinski definition) is 0. The Kier molecular flexibility index (Phi) is 4.87. The maximum absolute atomic E-state index is 11.5. The van der Waals surface area contributed by atoms with Crippen molar-refractivity contribution in [1.82, 2.24) is 0 Å². The van der Waals surface area contributed by atoms with E-state index in [-0.39, 0.29) is 0 Å². The van der Waals surface area contributed by atoms with Crippen LogP contribution in [0.2, 0.25) is 0 Å². The number of rotatable bonds is 3. The molecule has 0 bridgehead atoms. The first-order valence-electron chi connectivity index (χ1n) is 4.36. The Balaban J connectivity index is 3.08. The van der Waals surface area contributed by atoms with Gasteiger partial charge in [-0.1, -0.05) is 39.3 Å². The highest BCUT2D eigenvalue weighted by atomic mass is 32.0. The molecule has 0 aliphatic heterocycles.